The van der Waals surface area contributed by atoms with Crippen molar-refractivity contribution in [2.24, 2.45) is 0 Å². The summed E-state index contributed by atoms with van der Waals surface area (Å²) in [6.07, 6.45) is 0.246. The van der Waals surface area contributed by atoms with Gasteiger partial charge in [0.2, 0.25) is 15.9 Å². The normalized spacial score (nSPS) is 13.8. The van der Waals surface area contributed by atoms with Crippen LogP contribution < -0.4 is 10.6 Å². The molecule has 2 atom stereocenters. The lowest BCUT2D eigenvalue weighted by Gasteiger charge is -2.21. The molecule has 0 spiro atoms. The number of rotatable bonds is 10. The van der Waals surface area contributed by atoms with Gasteiger partial charge in [0.15, 0.2) is 0 Å². The van der Waals surface area contributed by atoms with Gasteiger partial charge in [-0.15, -0.1) is 0 Å². The van der Waals surface area contributed by atoms with E-state index in [0.717, 1.165) is 5.56 Å². The van der Waals surface area contributed by atoms with Gasteiger partial charge in [-0.3, -0.25) is 4.79 Å². The Morgan fingerprint density at radius 1 is 1.00 bits per heavy atom. The van der Waals surface area contributed by atoms with E-state index >= 15 is 0 Å². The summed E-state index contributed by atoms with van der Waals surface area (Å²) in [5.41, 5.74) is 1.48. The van der Waals surface area contributed by atoms with Gasteiger partial charge < -0.3 is 10.6 Å². The highest BCUT2D eigenvalue weighted by molar-refractivity contribution is 7.89. The standard InChI is InChI=1S/C22H30FN3O3S/c1-5-26(6-2)30(28,29)21-13-7-18(8-14-21)17(4)24-16(3)15-22(27)25-20-11-9-19(23)10-12-20/h7-14,16-17,24H,5-6,15H2,1-4H3,(H,25,27). The molecule has 0 aliphatic rings. The fourth-order valence-corrected chi connectivity index (χ4v) is 4.70. The Labute approximate surface area is 178 Å². The van der Waals surface area contributed by atoms with Gasteiger partial charge >= 0.3 is 0 Å². The van der Waals surface area contributed by atoms with E-state index in [1.54, 1.807) is 24.3 Å². The van der Waals surface area contributed by atoms with E-state index in [1.807, 2.05) is 27.7 Å². The average molecular weight is 436 g/mol. The zero-order chi connectivity index (χ0) is 22.3. The molecule has 2 aromatic rings. The molecule has 0 radical (unpaired) electrons. The van der Waals surface area contributed by atoms with Crippen LogP contribution in [0.2, 0.25) is 0 Å². The summed E-state index contributed by atoms with van der Waals surface area (Å²) in [6, 6.07) is 12.3. The monoisotopic (exact) mass is 435 g/mol. The van der Waals surface area contributed by atoms with Crippen LogP contribution in [0, 0.1) is 5.82 Å². The third-order valence-corrected chi connectivity index (χ3v) is 6.94. The molecule has 0 aliphatic heterocycles. The van der Waals surface area contributed by atoms with Crippen LogP contribution in [-0.2, 0) is 14.8 Å². The molecule has 0 aliphatic carbocycles. The predicted octanol–water partition coefficient (Wildman–Crippen LogP) is 3.92. The van der Waals surface area contributed by atoms with Crippen molar-refractivity contribution in [1.82, 2.24) is 9.62 Å². The van der Waals surface area contributed by atoms with Crippen molar-refractivity contribution in [2.45, 2.75) is 51.1 Å². The second kappa shape index (κ2) is 10.7. The summed E-state index contributed by atoms with van der Waals surface area (Å²) < 4.78 is 39.5. The number of benzene rings is 2. The molecule has 0 saturated carbocycles. The van der Waals surface area contributed by atoms with Gasteiger partial charge in [-0.2, -0.15) is 4.31 Å². The maximum absolute atomic E-state index is 12.9. The third kappa shape index (κ3) is 6.35. The van der Waals surface area contributed by atoms with Gasteiger partial charge in [0.05, 0.1) is 4.90 Å². The molecule has 0 saturated heterocycles. The maximum Gasteiger partial charge on any atom is 0.243 e. The highest BCUT2D eigenvalue weighted by Crippen LogP contribution is 2.20. The van der Waals surface area contributed by atoms with E-state index in [2.05, 4.69) is 10.6 Å². The lowest BCUT2D eigenvalue weighted by molar-refractivity contribution is -0.116. The first-order valence-corrected chi connectivity index (χ1v) is 11.5. The van der Waals surface area contributed by atoms with Crippen molar-refractivity contribution < 1.29 is 17.6 Å². The minimum absolute atomic E-state index is 0.0659. The molecule has 0 bridgehead atoms. The number of nitrogens with zero attached hydrogens (tertiary/aromatic N) is 1. The van der Waals surface area contributed by atoms with E-state index in [-0.39, 0.29) is 35.1 Å². The van der Waals surface area contributed by atoms with E-state index in [4.69, 9.17) is 0 Å². The lowest BCUT2D eigenvalue weighted by atomic mass is 10.1. The number of halogens is 1. The van der Waals surface area contributed by atoms with E-state index in [0.29, 0.717) is 18.8 Å². The van der Waals surface area contributed by atoms with Crippen LogP contribution in [0.3, 0.4) is 0 Å². The van der Waals surface area contributed by atoms with Gasteiger partial charge in [0.1, 0.15) is 5.82 Å². The minimum atomic E-state index is -3.48. The Bertz CT molecular complexity index is 927. The van der Waals surface area contributed by atoms with Gasteiger partial charge in [-0.05, 0) is 55.8 Å². The number of hydrogen-bond donors (Lipinski definition) is 2. The molecule has 1 amide bonds. The van der Waals surface area contributed by atoms with Gasteiger partial charge in [0.25, 0.3) is 0 Å². The Kier molecular flexibility index (Phi) is 8.52. The predicted molar refractivity (Wildman–Crippen MR) is 117 cm³/mol. The SMILES string of the molecule is CCN(CC)S(=O)(=O)c1ccc(C(C)NC(C)CC(=O)Nc2ccc(F)cc2)cc1. The van der Waals surface area contributed by atoms with Crippen LogP contribution in [0.25, 0.3) is 0 Å². The first-order valence-electron chi connectivity index (χ1n) is 10.1. The van der Waals surface area contributed by atoms with E-state index in [9.17, 15) is 17.6 Å². The molecular formula is C22H30FN3O3S. The fraction of sp³-hybridized carbons (Fsp3) is 0.409. The molecule has 8 heteroatoms. The van der Waals surface area contributed by atoms with Gasteiger partial charge in [-0.25, -0.2) is 12.8 Å². The Balaban J connectivity index is 1.94. The maximum atomic E-state index is 12.9. The first kappa shape index (κ1) is 24.0. The molecule has 30 heavy (non-hydrogen) atoms. The number of carbonyl (C=O) groups excluding carboxylic acids is 1. The summed E-state index contributed by atoms with van der Waals surface area (Å²) in [5, 5.41) is 6.09. The Morgan fingerprint density at radius 2 is 1.57 bits per heavy atom. The molecule has 0 aromatic heterocycles. The van der Waals surface area contributed by atoms with Crippen molar-refractivity contribution in [3.05, 3.63) is 59.9 Å². The first-order chi connectivity index (χ1) is 14.2. The molecule has 2 N–H and O–H groups in total. The van der Waals surface area contributed by atoms with Crippen LogP contribution in [0.15, 0.2) is 53.4 Å². The second-order valence-electron chi connectivity index (χ2n) is 7.21. The largest absolute Gasteiger partial charge is 0.326 e. The summed E-state index contributed by atoms with van der Waals surface area (Å²) >= 11 is 0. The van der Waals surface area contributed by atoms with Crippen LogP contribution >= 0.6 is 0 Å². The molecule has 0 heterocycles. The van der Waals surface area contributed by atoms with Crippen molar-refractivity contribution >= 4 is 21.6 Å². The molecule has 0 fully saturated rings. The van der Waals surface area contributed by atoms with Crippen molar-refractivity contribution in [1.29, 1.82) is 0 Å². The summed E-state index contributed by atoms with van der Waals surface area (Å²) in [7, 11) is -3.48. The molecular weight excluding hydrogens is 405 g/mol. The number of hydrogen-bond acceptors (Lipinski definition) is 4. The molecule has 2 unspecified atom stereocenters. The van der Waals surface area contributed by atoms with Gasteiger partial charge in [0, 0.05) is 37.3 Å². The number of nitrogens with one attached hydrogen (secondary N) is 2. The highest BCUT2D eigenvalue weighted by atomic mass is 32.2. The zero-order valence-electron chi connectivity index (χ0n) is 17.9. The zero-order valence-corrected chi connectivity index (χ0v) is 18.7. The van der Waals surface area contributed by atoms with Crippen LogP contribution in [0.1, 0.15) is 45.7 Å². The Morgan fingerprint density at radius 3 is 2.10 bits per heavy atom. The van der Waals surface area contributed by atoms with Crippen LogP contribution in [0.4, 0.5) is 10.1 Å². The highest BCUT2D eigenvalue weighted by Gasteiger charge is 2.21. The van der Waals surface area contributed by atoms with Crippen molar-refractivity contribution in [3.8, 4) is 0 Å². The molecule has 164 valence electrons. The number of anilines is 1. The quantitative estimate of drug-likeness (QED) is 0.593. The number of sulfonamides is 1. The molecule has 6 nitrogen and oxygen atoms in total. The van der Waals surface area contributed by atoms with E-state index in [1.165, 1.54) is 28.6 Å². The van der Waals surface area contributed by atoms with Gasteiger partial charge in [-0.1, -0.05) is 26.0 Å². The summed E-state index contributed by atoms with van der Waals surface area (Å²) in [5.74, 6) is -0.526. The second-order valence-corrected chi connectivity index (χ2v) is 9.14. The van der Waals surface area contributed by atoms with Crippen molar-refractivity contribution in [2.75, 3.05) is 18.4 Å². The lowest BCUT2D eigenvalue weighted by Crippen LogP contribution is -2.33. The topological polar surface area (TPSA) is 78.5 Å². The summed E-state index contributed by atoms with van der Waals surface area (Å²) in [6.45, 7) is 8.35. The Hall–Kier alpha value is -2.29. The summed E-state index contributed by atoms with van der Waals surface area (Å²) in [4.78, 5) is 12.5. The fourth-order valence-electron chi connectivity index (χ4n) is 3.25. The smallest absolute Gasteiger partial charge is 0.243 e. The molecule has 2 aromatic carbocycles. The minimum Gasteiger partial charge on any atom is -0.326 e. The van der Waals surface area contributed by atoms with E-state index < -0.39 is 10.0 Å². The van der Waals surface area contributed by atoms with Crippen LogP contribution in [0.5, 0.6) is 0 Å². The third-order valence-electron chi connectivity index (χ3n) is 4.88. The average Bonchev–Trinajstić information content (AvgIpc) is 2.70. The molecule has 2 rings (SSSR count). The number of amides is 1. The number of carbonyl (C=O) groups is 1. The van der Waals surface area contributed by atoms with Crippen molar-refractivity contribution in [3.63, 3.8) is 0 Å². The van der Waals surface area contributed by atoms with Crippen LogP contribution in [-0.4, -0.2) is 37.8 Å².